The van der Waals surface area contributed by atoms with Gasteiger partial charge in [0.25, 0.3) is 0 Å². The Morgan fingerprint density at radius 3 is 2.38 bits per heavy atom. The lowest BCUT2D eigenvalue weighted by Crippen LogP contribution is -2.54. The summed E-state index contributed by atoms with van der Waals surface area (Å²) in [6, 6.07) is 8.21. The third kappa shape index (κ3) is 4.58. The molecule has 0 spiro atoms. The molecule has 174 valence electrons. The number of allylic oxidation sites excluding steroid dienone is 1. The summed E-state index contributed by atoms with van der Waals surface area (Å²) in [4.78, 5) is 41.6. The van der Waals surface area contributed by atoms with Gasteiger partial charge in [0.2, 0.25) is 17.7 Å². The number of hydrogen-bond acceptors (Lipinski definition) is 4. The van der Waals surface area contributed by atoms with Gasteiger partial charge in [0.05, 0.1) is 24.5 Å². The minimum Gasteiger partial charge on any atom is -0.394 e. The van der Waals surface area contributed by atoms with E-state index in [0.29, 0.717) is 6.42 Å². The maximum atomic E-state index is 13.8. The number of carbonyl (C=O) groups excluding carboxylic acids is 3. The number of hydrogen-bond donors (Lipinski definition) is 3. The summed E-state index contributed by atoms with van der Waals surface area (Å²) < 4.78 is 0. The molecule has 1 saturated heterocycles. The Kier molecular flexibility index (Phi) is 7.72. The molecule has 0 aromatic heterocycles. The van der Waals surface area contributed by atoms with E-state index in [0.717, 1.165) is 12.0 Å². The quantitative estimate of drug-likeness (QED) is 0.533. The van der Waals surface area contributed by atoms with E-state index in [4.69, 9.17) is 0 Å². The van der Waals surface area contributed by atoms with E-state index < -0.39 is 29.8 Å². The summed E-state index contributed by atoms with van der Waals surface area (Å²) in [5.74, 6) is -2.32. The number of benzene rings is 1. The smallest absolute Gasteiger partial charge is 0.243 e. The lowest BCUT2D eigenvalue weighted by molar-refractivity contribution is -0.143. The van der Waals surface area contributed by atoms with Crippen molar-refractivity contribution in [2.75, 3.05) is 13.7 Å². The van der Waals surface area contributed by atoms with Crippen LogP contribution in [0.4, 0.5) is 0 Å². The van der Waals surface area contributed by atoms with Gasteiger partial charge in [-0.25, -0.2) is 0 Å². The Morgan fingerprint density at radius 1 is 1.12 bits per heavy atom. The second-order valence-electron chi connectivity index (χ2n) is 9.08. The number of aliphatic hydroxyl groups excluding tert-OH is 1. The molecule has 2 aliphatic rings. The molecular formula is C25H35N3O4. The first-order valence-electron chi connectivity index (χ1n) is 11.5. The topological polar surface area (TPSA) is 98.7 Å². The average Bonchev–Trinajstić information content (AvgIpc) is 3.08. The van der Waals surface area contributed by atoms with Gasteiger partial charge < -0.3 is 20.6 Å². The lowest BCUT2D eigenvalue weighted by Gasteiger charge is -2.34. The second-order valence-corrected chi connectivity index (χ2v) is 9.08. The highest BCUT2D eigenvalue weighted by Crippen LogP contribution is 2.45. The number of amides is 3. The van der Waals surface area contributed by atoms with Gasteiger partial charge in [0.15, 0.2) is 0 Å². The highest BCUT2D eigenvalue weighted by molar-refractivity contribution is 5.97. The van der Waals surface area contributed by atoms with Gasteiger partial charge in [-0.3, -0.25) is 14.4 Å². The van der Waals surface area contributed by atoms with E-state index in [9.17, 15) is 19.5 Å². The van der Waals surface area contributed by atoms with Gasteiger partial charge in [0.1, 0.15) is 6.04 Å². The molecule has 1 aromatic rings. The normalized spacial score (nSPS) is 27.9. The minimum absolute atomic E-state index is 0.0735. The summed E-state index contributed by atoms with van der Waals surface area (Å²) in [6.07, 6.45) is 5.08. The number of nitrogens with zero attached hydrogens (tertiary/aromatic N) is 1. The van der Waals surface area contributed by atoms with Crippen LogP contribution in [0.15, 0.2) is 42.5 Å². The molecule has 1 aliphatic heterocycles. The predicted molar refractivity (Wildman–Crippen MR) is 122 cm³/mol. The molecule has 3 N–H and O–H groups in total. The molecule has 3 rings (SSSR count). The molecule has 3 amide bonds. The van der Waals surface area contributed by atoms with Gasteiger partial charge in [-0.15, -0.1) is 0 Å². The monoisotopic (exact) mass is 441 g/mol. The van der Waals surface area contributed by atoms with Gasteiger partial charge in [-0.05, 0) is 38.2 Å². The van der Waals surface area contributed by atoms with E-state index >= 15 is 0 Å². The molecule has 32 heavy (non-hydrogen) atoms. The summed E-state index contributed by atoms with van der Waals surface area (Å²) in [7, 11) is 1.58. The fourth-order valence-electron chi connectivity index (χ4n) is 5.26. The molecule has 0 radical (unpaired) electrons. The van der Waals surface area contributed by atoms with Gasteiger partial charge in [-0.2, -0.15) is 0 Å². The first-order chi connectivity index (χ1) is 15.3. The molecule has 6 atom stereocenters. The van der Waals surface area contributed by atoms with Crippen molar-refractivity contribution in [2.45, 2.75) is 51.7 Å². The third-order valence-electron chi connectivity index (χ3n) is 6.69. The number of likely N-dealkylation sites (tertiary alicyclic amines) is 1. The summed E-state index contributed by atoms with van der Waals surface area (Å²) in [5, 5.41) is 15.9. The highest BCUT2D eigenvalue weighted by atomic mass is 16.3. The van der Waals surface area contributed by atoms with E-state index in [2.05, 4.69) is 10.6 Å². The number of fused-ring (bicyclic) bond motifs is 1. The van der Waals surface area contributed by atoms with Crippen LogP contribution in [0.3, 0.4) is 0 Å². The van der Waals surface area contributed by atoms with Gasteiger partial charge >= 0.3 is 0 Å². The second kappa shape index (κ2) is 10.3. The Bertz CT molecular complexity index is 854. The maximum Gasteiger partial charge on any atom is 0.243 e. The number of carbonyl (C=O) groups is 3. The Hall–Kier alpha value is -2.67. The number of nitrogens with one attached hydrogen (secondary N) is 2. The third-order valence-corrected chi connectivity index (χ3v) is 6.69. The van der Waals surface area contributed by atoms with E-state index in [1.165, 1.54) is 0 Å². The predicted octanol–water partition coefficient (Wildman–Crippen LogP) is 1.52. The zero-order valence-corrected chi connectivity index (χ0v) is 19.3. The molecule has 1 fully saturated rings. The zero-order valence-electron chi connectivity index (χ0n) is 19.3. The van der Waals surface area contributed by atoms with Crippen LogP contribution in [-0.2, 0) is 20.8 Å². The molecule has 7 heteroatoms. The van der Waals surface area contributed by atoms with Crippen molar-refractivity contribution in [2.24, 2.45) is 23.7 Å². The first kappa shape index (κ1) is 24.0. The first-order valence-corrected chi connectivity index (χ1v) is 11.5. The van der Waals surface area contributed by atoms with Crippen LogP contribution in [-0.4, -0.2) is 59.5 Å². The van der Waals surface area contributed by atoms with Crippen LogP contribution in [0.5, 0.6) is 0 Å². The fraction of sp³-hybridized carbons (Fsp3) is 0.560. The van der Waals surface area contributed by atoms with Crippen molar-refractivity contribution in [3.05, 3.63) is 48.0 Å². The summed E-state index contributed by atoms with van der Waals surface area (Å²) in [6.45, 7) is 5.48. The van der Waals surface area contributed by atoms with Crippen LogP contribution >= 0.6 is 0 Å². The van der Waals surface area contributed by atoms with Crippen LogP contribution in [0.1, 0.15) is 32.8 Å². The van der Waals surface area contributed by atoms with Crippen molar-refractivity contribution in [1.82, 2.24) is 15.5 Å². The highest BCUT2D eigenvalue weighted by Gasteiger charge is 2.58. The van der Waals surface area contributed by atoms with Crippen LogP contribution in [0, 0.1) is 23.7 Å². The molecule has 1 aromatic carbocycles. The fourth-order valence-corrected chi connectivity index (χ4v) is 5.26. The molecule has 1 aliphatic carbocycles. The van der Waals surface area contributed by atoms with E-state index in [1.807, 2.05) is 63.3 Å². The molecular weight excluding hydrogens is 406 g/mol. The number of rotatable bonds is 8. The van der Waals surface area contributed by atoms with Crippen molar-refractivity contribution >= 4 is 17.7 Å². The molecule has 1 heterocycles. The van der Waals surface area contributed by atoms with Crippen molar-refractivity contribution < 1.29 is 19.5 Å². The van der Waals surface area contributed by atoms with E-state index in [-0.39, 0.29) is 36.3 Å². The zero-order chi connectivity index (χ0) is 23.4. The Morgan fingerprint density at radius 2 is 1.81 bits per heavy atom. The van der Waals surface area contributed by atoms with Crippen LogP contribution < -0.4 is 10.6 Å². The summed E-state index contributed by atoms with van der Waals surface area (Å²) >= 11 is 0. The molecule has 0 saturated carbocycles. The average molecular weight is 442 g/mol. The molecule has 7 nitrogen and oxygen atoms in total. The van der Waals surface area contributed by atoms with Crippen molar-refractivity contribution in [1.29, 1.82) is 0 Å². The molecule has 0 bridgehead atoms. The van der Waals surface area contributed by atoms with Crippen molar-refractivity contribution in [3.63, 3.8) is 0 Å². The summed E-state index contributed by atoms with van der Waals surface area (Å²) in [5.41, 5.74) is 0.974. The van der Waals surface area contributed by atoms with Crippen LogP contribution in [0.2, 0.25) is 0 Å². The van der Waals surface area contributed by atoms with Crippen LogP contribution in [0.25, 0.3) is 0 Å². The standard InChI is InChI=1S/C25H35N3O4/c1-5-17-11-12-19-21(20(17)23(30)26-4)25(32)28(22(19)24(31)27-15(2)3)18(14-29)13-16-9-7-6-8-10-16/h6-12,15,17-22,29H,5,13-14H2,1-4H3,(H,26,30)(H,27,31)/t17-,18-,19+,20-,21+,22+/m1/s1. The van der Waals surface area contributed by atoms with Gasteiger partial charge in [-0.1, -0.05) is 49.4 Å². The van der Waals surface area contributed by atoms with E-state index in [1.54, 1.807) is 11.9 Å². The Balaban J connectivity index is 2.04. The Labute approximate surface area is 190 Å². The lowest BCUT2D eigenvalue weighted by atomic mass is 9.69. The minimum atomic E-state index is -0.767. The van der Waals surface area contributed by atoms with Gasteiger partial charge in [0, 0.05) is 19.0 Å². The maximum absolute atomic E-state index is 13.8. The SMILES string of the molecule is CC[C@@H]1C=C[C@H]2[C@H](C(=O)N([C@@H](CO)Cc3ccccc3)[C@@H]2C(=O)NC(C)C)[C@@H]1C(=O)NC. The largest absolute Gasteiger partial charge is 0.394 e. The van der Waals surface area contributed by atoms with Crippen molar-refractivity contribution in [3.8, 4) is 0 Å². The molecule has 0 unspecified atom stereocenters. The number of aliphatic hydroxyl groups is 1.